The van der Waals surface area contributed by atoms with E-state index in [2.05, 4.69) is 4.98 Å². The molecule has 0 N–H and O–H groups in total. The van der Waals surface area contributed by atoms with Gasteiger partial charge in [-0.2, -0.15) is 0 Å². The predicted molar refractivity (Wildman–Crippen MR) is 67.7 cm³/mol. The van der Waals surface area contributed by atoms with Crippen molar-refractivity contribution in [1.29, 1.82) is 0 Å². The maximum atomic E-state index is 6.08. The zero-order chi connectivity index (χ0) is 11.7. The van der Waals surface area contributed by atoms with Crippen LogP contribution in [0.2, 0.25) is 10.2 Å². The molecule has 4 heteroatoms. The van der Waals surface area contributed by atoms with Gasteiger partial charge >= 0.3 is 0 Å². The predicted octanol–water partition coefficient (Wildman–Crippen LogP) is 4.11. The van der Waals surface area contributed by atoms with E-state index in [4.69, 9.17) is 27.9 Å². The highest BCUT2D eigenvalue weighted by Gasteiger charge is 2.10. The van der Waals surface area contributed by atoms with Crippen LogP contribution in [0.15, 0.2) is 18.2 Å². The first kappa shape index (κ1) is 11.5. The second-order valence-electron chi connectivity index (χ2n) is 3.44. The summed E-state index contributed by atoms with van der Waals surface area (Å²) >= 11 is 12.1. The second-order valence-corrected chi connectivity index (χ2v) is 4.20. The third kappa shape index (κ3) is 1.83. The van der Waals surface area contributed by atoms with Crippen LogP contribution >= 0.6 is 23.2 Å². The topological polar surface area (TPSA) is 22.1 Å². The first-order valence-corrected chi connectivity index (χ1v) is 5.74. The number of fused-ring (bicyclic) bond motifs is 1. The van der Waals surface area contributed by atoms with Crippen LogP contribution in [0.5, 0.6) is 5.75 Å². The molecule has 0 radical (unpaired) electrons. The molecule has 2 aromatic rings. The van der Waals surface area contributed by atoms with Gasteiger partial charge < -0.3 is 4.74 Å². The van der Waals surface area contributed by atoms with Gasteiger partial charge in [-0.1, -0.05) is 30.1 Å². The zero-order valence-electron chi connectivity index (χ0n) is 9.05. The fourth-order valence-electron chi connectivity index (χ4n) is 1.65. The van der Waals surface area contributed by atoms with Crippen molar-refractivity contribution < 1.29 is 4.74 Å². The number of pyridine rings is 1. The quantitative estimate of drug-likeness (QED) is 0.754. The van der Waals surface area contributed by atoms with E-state index >= 15 is 0 Å². The van der Waals surface area contributed by atoms with Crippen LogP contribution in [0.1, 0.15) is 12.5 Å². The van der Waals surface area contributed by atoms with Crippen molar-refractivity contribution in [3.8, 4) is 5.75 Å². The minimum atomic E-state index is 0.505. The molecule has 0 aliphatic rings. The average Bonchev–Trinajstić information content (AvgIpc) is 2.30. The smallest absolute Gasteiger partial charge is 0.133 e. The highest BCUT2D eigenvalue weighted by Crippen LogP contribution is 2.32. The molecular formula is C12H11Cl2NO. The molecule has 0 saturated carbocycles. The summed E-state index contributed by atoms with van der Waals surface area (Å²) in [5.41, 5.74) is 1.68. The molecule has 0 saturated heterocycles. The second kappa shape index (κ2) is 4.48. The molecule has 84 valence electrons. The molecule has 0 aliphatic carbocycles. The van der Waals surface area contributed by atoms with Crippen LogP contribution in [0, 0.1) is 0 Å². The number of methoxy groups -OCH3 is 1. The van der Waals surface area contributed by atoms with E-state index in [1.54, 1.807) is 13.2 Å². The van der Waals surface area contributed by atoms with Gasteiger partial charge in [0.2, 0.25) is 0 Å². The van der Waals surface area contributed by atoms with Crippen LogP contribution < -0.4 is 4.74 Å². The minimum Gasteiger partial charge on any atom is -0.496 e. The number of ether oxygens (including phenoxy) is 1. The van der Waals surface area contributed by atoms with Crippen LogP contribution in [0.3, 0.4) is 0 Å². The molecule has 0 amide bonds. The Morgan fingerprint density at radius 1 is 1.31 bits per heavy atom. The maximum absolute atomic E-state index is 6.08. The third-order valence-corrected chi connectivity index (χ3v) is 3.15. The molecule has 2 nitrogen and oxygen atoms in total. The standard InChI is InChI=1S/C12H11Cl2NO/c1-3-7-6-8-10(16-2)5-4-9(13)11(8)15-12(7)14/h4-6H,3H2,1-2H3. The summed E-state index contributed by atoms with van der Waals surface area (Å²) in [7, 11) is 1.63. The molecule has 1 aromatic carbocycles. The van der Waals surface area contributed by atoms with Crippen molar-refractivity contribution in [2.24, 2.45) is 0 Å². The van der Waals surface area contributed by atoms with Crippen LogP contribution in [0.4, 0.5) is 0 Å². The minimum absolute atomic E-state index is 0.505. The van der Waals surface area contributed by atoms with E-state index in [0.29, 0.717) is 15.7 Å². The monoisotopic (exact) mass is 255 g/mol. The van der Waals surface area contributed by atoms with Crippen LogP contribution in [0.25, 0.3) is 10.9 Å². The largest absolute Gasteiger partial charge is 0.496 e. The Bertz CT molecular complexity index is 540. The summed E-state index contributed by atoms with van der Waals surface area (Å²) in [6, 6.07) is 5.58. The maximum Gasteiger partial charge on any atom is 0.133 e. The lowest BCUT2D eigenvalue weighted by Gasteiger charge is -2.09. The van der Waals surface area contributed by atoms with Crippen molar-refractivity contribution in [2.75, 3.05) is 7.11 Å². The van der Waals surface area contributed by atoms with Gasteiger partial charge in [-0.15, -0.1) is 0 Å². The summed E-state index contributed by atoms with van der Waals surface area (Å²) in [5, 5.41) is 1.99. The van der Waals surface area contributed by atoms with Gasteiger partial charge in [0, 0.05) is 5.39 Å². The number of rotatable bonds is 2. The number of aryl methyl sites for hydroxylation is 1. The van der Waals surface area contributed by atoms with Gasteiger partial charge in [0.15, 0.2) is 0 Å². The normalized spacial score (nSPS) is 10.8. The Morgan fingerprint density at radius 2 is 2.06 bits per heavy atom. The van der Waals surface area contributed by atoms with Crippen molar-refractivity contribution >= 4 is 34.1 Å². The zero-order valence-corrected chi connectivity index (χ0v) is 10.6. The van der Waals surface area contributed by atoms with Gasteiger partial charge in [-0.3, -0.25) is 0 Å². The fourth-order valence-corrected chi connectivity index (χ4v) is 2.13. The first-order valence-electron chi connectivity index (χ1n) is 4.99. The molecule has 0 spiro atoms. The molecule has 1 aromatic heterocycles. The van der Waals surface area contributed by atoms with Crippen LogP contribution in [-0.4, -0.2) is 12.1 Å². The Morgan fingerprint density at radius 3 is 2.69 bits per heavy atom. The molecule has 0 bridgehead atoms. The third-order valence-electron chi connectivity index (χ3n) is 2.52. The number of halogens is 2. The number of benzene rings is 1. The molecule has 1 heterocycles. The summed E-state index contributed by atoms with van der Waals surface area (Å²) in [4.78, 5) is 4.31. The summed E-state index contributed by atoms with van der Waals surface area (Å²) in [6.45, 7) is 2.03. The van der Waals surface area contributed by atoms with Crippen molar-refractivity contribution in [3.05, 3.63) is 33.9 Å². The number of hydrogen-bond acceptors (Lipinski definition) is 2. The Hall–Kier alpha value is -0.990. The van der Waals surface area contributed by atoms with Crippen molar-refractivity contribution in [2.45, 2.75) is 13.3 Å². The van der Waals surface area contributed by atoms with E-state index in [0.717, 1.165) is 23.1 Å². The summed E-state index contributed by atoms with van der Waals surface area (Å²) in [6.07, 6.45) is 0.831. The lowest BCUT2D eigenvalue weighted by Crippen LogP contribution is -1.92. The molecule has 0 aliphatic heterocycles. The highest BCUT2D eigenvalue weighted by atomic mass is 35.5. The van der Waals surface area contributed by atoms with E-state index < -0.39 is 0 Å². The van der Waals surface area contributed by atoms with Gasteiger partial charge in [0.1, 0.15) is 10.9 Å². The lowest BCUT2D eigenvalue weighted by atomic mass is 10.1. The molecule has 0 unspecified atom stereocenters. The van der Waals surface area contributed by atoms with Gasteiger partial charge in [0.25, 0.3) is 0 Å². The Labute approximate surface area is 104 Å². The van der Waals surface area contributed by atoms with Crippen molar-refractivity contribution in [3.63, 3.8) is 0 Å². The van der Waals surface area contributed by atoms with Crippen molar-refractivity contribution in [1.82, 2.24) is 4.98 Å². The SMILES string of the molecule is CCc1cc2c(OC)ccc(Cl)c2nc1Cl. The van der Waals surface area contributed by atoms with Gasteiger partial charge in [0.05, 0.1) is 17.6 Å². The summed E-state index contributed by atoms with van der Waals surface area (Å²) < 4.78 is 5.28. The Kier molecular flexibility index (Phi) is 3.22. The van der Waals surface area contributed by atoms with Gasteiger partial charge in [-0.25, -0.2) is 4.98 Å². The van der Waals surface area contributed by atoms with E-state index in [1.807, 2.05) is 19.1 Å². The average molecular weight is 256 g/mol. The molecule has 0 fully saturated rings. The molecular weight excluding hydrogens is 245 g/mol. The number of nitrogens with zero attached hydrogens (tertiary/aromatic N) is 1. The van der Waals surface area contributed by atoms with E-state index in [-0.39, 0.29) is 0 Å². The molecule has 0 atom stereocenters. The Balaban J connectivity index is 2.83. The fraction of sp³-hybridized carbons (Fsp3) is 0.250. The first-order chi connectivity index (χ1) is 7.67. The lowest BCUT2D eigenvalue weighted by molar-refractivity contribution is 0.419. The molecule has 16 heavy (non-hydrogen) atoms. The summed E-state index contributed by atoms with van der Waals surface area (Å²) in [5.74, 6) is 0.762. The number of hydrogen-bond donors (Lipinski definition) is 0. The van der Waals surface area contributed by atoms with Crippen LogP contribution in [-0.2, 0) is 6.42 Å². The van der Waals surface area contributed by atoms with Gasteiger partial charge in [-0.05, 0) is 30.2 Å². The van der Waals surface area contributed by atoms with E-state index in [1.165, 1.54) is 0 Å². The highest BCUT2D eigenvalue weighted by molar-refractivity contribution is 6.36. The van der Waals surface area contributed by atoms with E-state index in [9.17, 15) is 0 Å². The molecule has 2 rings (SSSR count). The number of aromatic nitrogens is 1.